The first-order valence-corrected chi connectivity index (χ1v) is 17.5. The monoisotopic (exact) mass is 744 g/mol. The lowest BCUT2D eigenvalue weighted by Crippen LogP contribution is -2.49. The van der Waals surface area contributed by atoms with Crippen molar-refractivity contribution in [2.45, 2.75) is 75.6 Å². The van der Waals surface area contributed by atoms with Gasteiger partial charge < -0.3 is 18.3 Å². The highest BCUT2D eigenvalue weighted by Crippen LogP contribution is 2.70. The van der Waals surface area contributed by atoms with Crippen LogP contribution in [0.2, 0.25) is 0 Å². The van der Waals surface area contributed by atoms with Crippen molar-refractivity contribution in [3.63, 3.8) is 0 Å². The molecule has 2 heterocycles. The van der Waals surface area contributed by atoms with Gasteiger partial charge in [0.2, 0.25) is 0 Å². The SMILES string of the molecule is COc1ccc2c3c(oc2c1)C(c1ccc(C(C)(C)C)cc1)(c1ccc(C(C)(C)C)cc1)c1oc2cc(OC)ccc2c1C1=C3C(F)(F)C(F)(F)C1(F)F. The summed E-state index contributed by atoms with van der Waals surface area (Å²) in [7, 11) is 2.80. The van der Waals surface area contributed by atoms with Crippen molar-refractivity contribution in [3.8, 4) is 11.5 Å². The number of hydrogen-bond donors (Lipinski definition) is 0. The summed E-state index contributed by atoms with van der Waals surface area (Å²) in [5, 5.41) is -0.130. The Balaban J connectivity index is 1.66. The number of hydrogen-bond acceptors (Lipinski definition) is 4. The van der Waals surface area contributed by atoms with Gasteiger partial charge in [0.25, 0.3) is 0 Å². The molecule has 10 heteroatoms. The summed E-state index contributed by atoms with van der Waals surface area (Å²) in [6, 6.07) is 23.1. The number of alkyl halides is 6. The maximum Gasteiger partial charge on any atom is 0.380 e. The fourth-order valence-corrected chi connectivity index (χ4v) is 8.06. The standard InChI is InChI=1S/C44H38F6O4/c1-39(2,3)23-9-13-25(14-10-23)41(26-15-11-24(12-16-26)40(4,5)6)37-33(29-19-17-27(51-7)21-31(29)53-37)35-36(43(47,48)44(49,50)42(35,45)46)34-30-20-18-28(52-8)22-32(30)54-38(34)41/h9-22H,1-8H3. The third kappa shape index (κ3) is 4.57. The van der Waals surface area contributed by atoms with Crippen LogP contribution in [0.15, 0.2) is 93.8 Å². The van der Waals surface area contributed by atoms with Crippen LogP contribution in [0.25, 0.3) is 33.1 Å². The molecule has 4 aromatic carbocycles. The summed E-state index contributed by atoms with van der Waals surface area (Å²) < 4.78 is 123. The number of halogens is 6. The van der Waals surface area contributed by atoms with Crippen LogP contribution >= 0.6 is 0 Å². The minimum atomic E-state index is -5.81. The molecule has 0 fully saturated rings. The first-order chi connectivity index (χ1) is 25.2. The van der Waals surface area contributed by atoms with E-state index in [1.807, 2.05) is 65.8 Å². The van der Waals surface area contributed by atoms with Crippen LogP contribution in [-0.2, 0) is 16.2 Å². The van der Waals surface area contributed by atoms with Crippen molar-refractivity contribution < 1.29 is 44.7 Å². The van der Waals surface area contributed by atoms with E-state index < -0.39 is 45.5 Å². The second-order valence-electron chi connectivity index (χ2n) is 16.2. The molecule has 0 aliphatic heterocycles. The Bertz CT molecular complexity index is 2330. The minimum Gasteiger partial charge on any atom is -0.497 e. The molecule has 0 radical (unpaired) electrons. The third-order valence-corrected chi connectivity index (χ3v) is 11.0. The molecule has 0 atom stereocenters. The molecule has 0 N–H and O–H groups in total. The second-order valence-corrected chi connectivity index (χ2v) is 16.2. The van der Waals surface area contributed by atoms with E-state index in [2.05, 4.69) is 0 Å². The summed E-state index contributed by atoms with van der Waals surface area (Å²) in [6.07, 6.45) is 0. The van der Waals surface area contributed by atoms with Gasteiger partial charge in [-0.05, 0) is 57.3 Å². The van der Waals surface area contributed by atoms with E-state index in [9.17, 15) is 0 Å². The Morgan fingerprint density at radius 1 is 0.500 bits per heavy atom. The van der Waals surface area contributed by atoms with E-state index in [4.69, 9.17) is 18.3 Å². The van der Waals surface area contributed by atoms with Gasteiger partial charge in [-0.25, -0.2) is 0 Å². The molecular formula is C44H38F6O4. The molecule has 0 amide bonds. The summed E-state index contributed by atoms with van der Waals surface area (Å²) in [6.45, 7) is 12.2. The molecule has 2 aliphatic carbocycles. The number of allylic oxidation sites excluding steroid dienone is 2. The molecule has 2 aromatic heterocycles. The van der Waals surface area contributed by atoms with E-state index in [1.54, 1.807) is 24.3 Å². The molecule has 0 spiro atoms. The van der Waals surface area contributed by atoms with Crippen molar-refractivity contribution in [3.05, 3.63) is 130 Å². The molecule has 280 valence electrons. The van der Waals surface area contributed by atoms with Crippen LogP contribution in [0, 0.1) is 0 Å². The lowest BCUT2D eigenvalue weighted by atomic mass is 9.67. The van der Waals surface area contributed by atoms with Crippen molar-refractivity contribution >= 4 is 33.1 Å². The summed E-state index contributed by atoms with van der Waals surface area (Å²) >= 11 is 0. The highest BCUT2D eigenvalue weighted by molar-refractivity contribution is 6.13. The molecule has 0 bridgehead atoms. The van der Waals surface area contributed by atoms with Crippen molar-refractivity contribution in [2.24, 2.45) is 0 Å². The van der Waals surface area contributed by atoms with Crippen LogP contribution in [0.1, 0.15) is 86.4 Å². The van der Waals surface area contributed by atoms with E-state index in [1.165, 1.54) is 50.6 Å². The Kier molecular flexibility index (Phi) is 7.45. The van der Waals surface area contributed by atoms with Crippen LogP contribution in [0.4, 0.5) is 26.3 Å². The van der Waals surface area contributed by atoms with Crippen molar-refractivity contribution in [1.82, 2.24) is 0 Å². The normalized spacial score (nSPS) is 18.3. The fourth-order valence-electron chi connectivity index (χ4n) is 8.06. The second kappa shape index (κ2) is 11.2. The highest BCUT2D eigenvalue weighted by atomic mass is 19.3. The van der Waals surface area contributed by atoms with E-state index in [0.717, 1.165) is 11.1 Å². The fraction of sp³-hybridized carbons (Fsp3) is 0.318. The molecule has 6 aromatic rings. The highest BCUT2D eigenvalue weighted by Gasteiger charge is 2.82. The van der Waals surface area contributed by atoms with Gasteiger partial charge in [0.15, 0.2) is 0 Å². The van der Waals surface area contributed by atoms with E-state index >= 15 is 26.3 Å². The largest absolute Gasteiger partial charge is 0.497 e. The minimum absolute atomic E-state index is 0.0243. The molecule has 0 unspecified atom stereocenters. The first-order valence-electron chi connectivity index (χ1n) is 17.5. The lowest BCUT2D eigenvalue weighted by Gasteiger charge is -2.35. The molecule has 0 saturated heterocycles. The predicted octanol–water partition coefficient (Wildman–Crippen LogP) is 12.3. The zero-order chi connectivity index (χ0) is 39.0. The Morgan fingerprint density at radius 2 is 0.852 bits per heavy atom. The van der Waals surface area contributed by atoms with Gasteiger partial charge in [-0.15, -0.1) is 0 Å². The van der Waals surface area contributed by atoms with E-state index in [0.29, 0.717) is 11.1 Å². The molecule has 4 nitrogen and oxygen atoms in total. The molecule has 0 saturated carbocycles. The van der Waals surface area contributed by atoms with Crippen LogP contribution in [0.5, 0.6) is 11.5 Å². The van der Waals surface area contributed by atoms with Crippen molar-refractivity contribution in [2.75, 3.05) is 14.2 Å². The zero-order valence-electron chi connectivity index (χ0n) is 31.0. The first kappa shape index (κ1) is 35.9. The lowest BCUT2D eigenvalue weighted by molar-refractivity contribution is -0.254. The summed E-state index contributed by atoms with van der Waals surface area (Å²) in [5.74, 6) is -16.5. The number of furan rings is 2. The average molecular weight is 745 g/mol. The van der Waals surface area contributed by atoms with Crippen LogP contribution in [-0.4, -0.2) is 32.0 Å². The van der Waals surface area contributed by atoms with E-state index in [-0.39, 0.29) is 55.8 Å². The zero-order valence-corrected chi connectivity index (χ0v) is 31.0. The van der Waals surface area contributed by atoms with Gasteiger partial charge in [-0.1, -0.05) is 90.1 Å². The Morgan fingerprint density at radius 3 is 1.17 bits per heavy atom. The smallest absolute Gasteiger partial charge is 0.380 e. The number of fused-ring (bicyclic) bond motifs is 8. The molecule has 54 heavy (non-hydrogen) atoms. The number of rotatable bonds is 4. The Hall–Kier alpha value is -5.12. The van der Waals surface area contributed by atoms with Gasteiger partial charge in [0, 0.05) is 45.2 Å². The van der Waals surface area contributed by atoms with Gasteiger partial charge in [-0.3, -0.25) is 0 Å². The van der Waals surface area contributed by atoms with Gasteiger partial charge >= 0.3 is 17.8 Å². The molecule has 8 rings (SSSR count). The van der Waals surface area contributed by atoms with Gasteiger partial charge in [-0.2, -0.15) is 26.3 Å². The maximum absolute atomic E-state index is 16.7. The predicted molar refractivity (Wildman–Crippen MR) is 196 cm³/mol. The van der Waals surface area contributed by atoms with Gasteiger partial charge in [0.1, 0.15) is 39.6 Å². The quantitative estimate of drug-likeness (QED) is 0.169. The summed E-state index contributed by atoms with van der Waals surface area (Å²) in [5.41, 5.74) is -4.00. The van der Waals surface area contributed by atoms with Crippen LogP contribution in [0.3, 0.4) is 0 Å². The molecule has 2 aliphatic rings. The van der Waals surface area contributed by atoms with Crippen LogP contribution < -0.4 is 9.47 Å². The number of methoxy groups -OCH3 is 2. The average Bonchev–Trinajstić information content (AvgIpc) is 3.67. The third-order valence-electron chi connectivity index (χ3n) is 11.0. The maximum atomic E-state index is 16.7. The molecular weight excluding hydrogens is 706 g/mol. The number of ether oxygens (including phenoxy) is 2. The van der Waals surface area contributed by atoms with Gasteiger partial charge in [0.05, 0.1) is 14.2 Å². The number of benzene rings is 4. The Labute approximate surface area is 308 Å². The van der Waals surface area contributed by atoms with Crippen molar-refractivity contribution in [1.29, 1.82) is 0 Å². The topological polar surface area (TPSA) is 44.7 Å². The summed E-state index contributed by atoms with van der Waals surface area (Å²) in [4.78, 5) is 0.